The molecule has 0 radical (unpaired) electrons. The lowest BCUT2D eigenvalue weighted by Gasteiger charge is -2.13. The number of carbonyl (C=O) groups is 1. The Kier molecular flexibility index (Phi) is 6.06. The quantitative estimate of drug-likeness (QED) is 0.583. The van der Waals surface area contributed by atoms with E-state index in [9.17, 15) is 4.79 Å². The Labute approximate surface area is 169 Å². The number of nitrogens with zero attached hydrogens (tertiary/aromatic N) is 3. The molecule has 3 aromatic rings. The summed E-state index contributed by atoms with van der Waals surface area (Å²) in [5, 5.41) is 12.4. The second-order valence-corrected chi connectivity index (χ2v) is 8.04. The van der Waals surface area contributed by atoms with E-state index >= 15 is 0 Å². The number of methoxy groups -OCH3 is 1. The maximum atomic E-state index is 12.7. The van der Waals surface area contributed by atoms with Crippen LogP contribution in [0.4, 0.5) is 5.13 Å². The van der Waals surface area contributed by atoms with Crippen LogP contribution in [-0.2, 0) is 0 Å². The van der Waals surface area contributed by atoms with E-state index in [-0.39, 0.29) is 5.91 Å². The molecular formula is C18H15ClN4O2S2. The normalized spacial score (nSPS) is 10.4. The zero-order chi connectivity index (χ0) is 19.4. The van der Waals surface area contributed by atoms with Crippen LogP contribution in [0.3, 0.4) is 0 Å². The van der Waals surface area contributed by atoms with E-state index in [1.165, 1.54) is 30.2 Å². The SMILES string of the molecule is COc1cc(-n2cccc2)c(Cl)cc1C(=O)Nc1nc(C)c(SCC#N)s1. The maximum Gasteiger partial charge on any atom is 0.261 e. The minimum absolute atomic E-state index is 0.317. The van der Waals surface area contributed by atoms with Crippen molar-refractivity contribution in [2.75, 3.05) is 18.2 Å². The fourth-order valence-electron chi connectivity index (χ4n) is 2.41. The van der Waals surface area contributed by atoms with Crippen LogP contribution in [0.25, 0.3) is 5.69 Å². The van der Waals surface area contributed by atoms with Crippen molar-refractivity contribution >= 4 is 45.7 Å². The minimum Gasteiger partial charge on any atom is -0.496 e. The van der Waals surface area contributed by atoms with Gasteiger partial charge in [-0.1, -0.05) is 34.7 Å². The number of amides is 1. The highest BCUT2D eigenvalue weighted by molar-refractivity contribution is 8.01. The number of thioether (sulfide) groups is 1. The molecule has 1 aromatic carbocycles. The molecule has 9 heteroatoms. The highest BCUT2D eigenvalue weighted by Crippen LogP contribution is 2.34. The highest BCUT2D eigenvalue weighted by atomic mass is 35.5. The predicted octanol–water partition coefficient (Wildman–Crippen LogP) is 4.77. The first-order chi connectivity index (χ1) is 13.0. The zero-order valence-electron chi connectivity index (χ0n) is 14.5. The number of aromatic nitrogens is 2. The lowest BCUT2D eigenvalue weighted by atomic mass is 10.1. The topological polar surface area (TPSA) is 79.9 Å². The number of anilines is 1. The van der Waals surface area contributed by atoms with Crippen LogP contribution in [-0.4, -0.2) is 28.3 Å². The van der Waals surface area contributed by atoms with Gasteiger partial charge in [-0.3, -0.25) is 10.1 Å². The lowest BCUT2D eigenvalue weighted by molar-refractivity contribution is 0.102. The molecule has 3 rings (SSSR count). The molecule has 2 aromatic heterocycles. The van der Waals surface area contributed by atoms with Crippen LogP contribution in [0.1, 0.15) is 16.1 Å². The summed E-state index contributed by atoms with van der Waals surface area (Å²) in [5.74, 6) is 0.382. The first-order valence-corrected chi connectivity index (χ1v) is 10.0. The highest BCUT2D eigenvalue weighted by Gasteiger charge is 2.18. The van der Waals surface area contributed by atoms with Crippen molar-refractivity contribution < 1.29 is 9.53 Å². The van der Waals surface area contributed by atoms with Gasteiger partial charge in [0.2, 0.25) is 0 Å². The van der Waals surface area contributed by atoms with E-state index in [1.807, 2.05) is 36.0 Å². The Morgan fingerprint density at radius 2 is 2.19 bits per heavy atom. The monoisotopic (exact) mass is 418 g/mol. The third-order valence-corrected chi connectivity index (χ3v) is 6.24. The molecule has 0 unspecified atom stereocenters. The predicted molar refractivity (Wildman–Crippen MR) is 108 cm³/mol. The van der Waals surface area contributed by atoms with Crippen molar-refractivity contribution in [2.45, 2.75) is 11.1 Å². The van der Waals surface area contributed by atoms with Crippen LogP contribution in [0.5, 0.6) is 5.75 Å². The number of hydrogen-bond donors (Lipinski definition) is 1. The van der Waals surface area contributed by atoms with E-state index in [2.05, 4.69) is 16.4 Å². The maximum absolute atomic E-state index is 12.7. The van der Waals surface area contributed by atoms with Gasteiger partial charge < -0.3 is 9.30 Å². The molecule has 0 aliphatic heterocycles. The number of ether oxygens (including phenoxy) is 1. The Bertz CT molecular complexity index is 1010. The average molecular weight is 419 g/mol. The lowest BCUT2D eigenvalue weighted by Crippen LogP contribution is -2.13. The third kappa shape index (κ3) is 4.27. The standard InChI is InChI=1S/C18H15ClN4O2S2/c1-11-17(26-8-5-20)27-18(21-11)22-16(24)12-9-13(19)14(10-15(12)25-2)23-6-3-4-7-23/h3-4,6-7,9-10H,8H2,1-2H3,(H,21,22,24). The molecular weight excluding hydrogens is 404 g/mol. The first-order valence-electron chi connectivity index (χ1n) is 7.83. The van der Waals surface area contributed by atoms with Crippen molar-refractivity contribution in [3.8, 4) is 17.5 Å². The summed E-state index contributed by atoms with van der Waals surface area (Å²) in [7, 11) is 1.50. The van der Waals surface area contributed by atoms with Crippen molar-refractivity contribution in [1.29, 1.82) is 5.26 Å². The zero-order valence-corrected chi connectivity index (χ0v) is 16.9. The Hall–Kier alpha value is -2.47. The van der Waals surface area contributed by atoms with E-state index in [4.69, 9.17) is 21.6 Å². The smallest absolute Gasteiger partial charge is 0.261 e. The number of rotatable bonds is 6. The number of nitrogens with one attached hydrogen (secondary N) is 1. The fourth-order valence-corrected chi connectivity index (χ4v) is 4.47. The van der Waals surface area contributed by atoms with Crippen molar-refractivity contribution in [1.82, 2.24) is 9.55 Å². The van der Waals surface area contributed by atoms with Gasteiger partial charge in [-0.25, -0.2) is 4.98 Å². The molecule has 138 valence electrons. The summed E-state index contributed by atoms with van der Waals surface area (Å²) < 4.78 is 8.14. The van der Waals surface area contributed by atoms with Gasteiger partial charge in [0.15, 0.2) is 5.13 Å². The molecule has 2 heterocycles. The van der Waals surface area contributed by atoms with E-state index < -0.39 is 0 Å². The molecule has 0 spiro atoms. The molecule has 0 bridgehead atoms. The minimum atomic E-state index is -0.363. The largest absolute Gasteiger partial charge is 0.496 e. The van der Waals surface area contributed by atoms with Gasteiger partial charge in [0.1, 0.15) is 5.75 Å². The molecule has 0 aliphatic rings. The number of halogens is 1. The molecule has 27 heavy (non-hydrogen) atoms. The second kappa shape index (κ2) is 8.48. The molecule has 6 nitrogen and oxygen atoms in total. The molecule has 0 fully saturated rings. The number of benzene rings is 1. The van der Waals surface area contributed by atoms with Crippen molar-refractivity contribution in [3.63, 3.8) is 0 Å². The number of nitriles is 1. The summed E-state index contributed by atoms with van der Waals surface area (Å²) in [6.45, 7) is 1.84. The number of thiazole rings is 1. The third-order valence-electron chi connectivity index (χ3n) is 3.64. The molecule has 0 aliphatic carbocycles. The van der Waals surface area contributed by atoms with Crippen LogP contribution >= 0.6 is 34.7 Å². The van der Waals surface area contributed by atoms with Crippen molar-refractivity contribution in [2.24, 2.45) is 0 Å². The van der Waals surface area contributed by atoms with Gasteiger partial charge in [0.25, 0.3) is 5.91 Å². The van der Waals surface area contributed by atoms with Gasteiger partial charge in [0, 0.05) is 18.5 Å². The van der Waals surface area contributed by atoms with Gasteiger partial charge in [-0.15, -0.1) is 0 Å². The first kappa shape index (κ1) is 19.3. The molecule has 0 saturated heterocycles. The van der Waals surface area contributed by atoms with Crippen LogP contribution in [0.15, 0.2) is 40.9 Å². The van der Waals surface area contributed by atoms with Gasteiger partial charge >= 0.3 is 0 Å². The van der Waals surface area contributed by atoms with Gasteiger partial charge in [-0.2, -0.15) is 5.26 Å². The number of carbonyl (C=O) groups excluding carboxylic acids is 1. The molecule has 0 atom stereocenters. The summed E-state index contributed by atoms with van der Waals surface area (Å²) in [4.78, 5) is 17.1. The van der Waals surface area contributed by atoms with Gasteiger partial charge in [0.05, 0.1) is 45.1 Å². The Morgan fingerprint density at radius 1 is 1.44 bits per heavy atom. The summed E-state index contributed by atoms with van der Waals surface area (Å²) in [6, 6.07) is 9.15. The summed E-state index contributed by atoms with van der Waals surface area (Å²) in [6.07, 6.45) is 3.72. The van der Waals surface area contributed by atoms with Crippen LogP contribution < -0.4 is 10.1 Å². The Morgan fingerprint density at radius 3 is 2.85 bits per heavy atom. The summed E-state index contributed by atoms with van der Waals surface area (Å²) >= 11 is 9.11. The average Bonchev–Trinajstić information content (AvgIpc) is 3.29. The Balaban J connectivity index is 1.87. The fraction of sp³-hybridized carbons (Fsp3) is 0.167. The molecule has 1 N–H and O–H groups in total. The van der Waals surface area contributed by atoms with Gasteiger partial charge in [-0.05, 0) is 25.1 Å². The van der Waals surface area contributed by atoms with Crippen molar-refractivity contribution in [3.05, 3.63) is 52.9 Å². The number of hydrogen-bond acceptors (Lipinski definition) is 6. The molecule has 0 saturated carbocycles. The number of aryl methyl sites for hydroxylation is 1. The second-order valence-electron chi connectivity index (χ2n) is 5.39. The van der Waals surface area contributed by atoms with Crippen LogP contribution in [0.2, 0.25) is 5.02 Å². The summed E-state index contributed by atoms with van der Waals surface area (Å²) in [5.41, 5.74) is 1.82. The van der Waals surface area contributed by atoms with E-state index in [1.54, 1.807) is 12.1 Å². The van der Waals surface area contributed by atoms with E-state index in [0.717, 1.165) is 15.6 Å². The van der Waals surface area contributed by atoms with E-state index in [0.29, 0.717) is 27.2 Å². The van der Waals surface area contributed by atoms with Crippen LogP contribution in [0, 0.1) is 18.3 Å². The molecule has 1 amide bonds.